The molecule has 0 radical (unpaired) electrons. The summed E-state index contributed by atoms with van der Waals surface area (Å²) in [4.78, 5) is 8.94. The van der Waals surface area contributed by atoms with E-state index in [-0.39, 0.29) is 0 Å². The average molecular weight is 268 g/mol. The first-order chi connectivity index (χ1) is 8.58. The molecule has 1 aromatic rings. The predicted octanol–water partition coefficient (Wildman–Crippen LogP) is 3.63. The van der Waals surface area contributed by atoms with Crippen molar-refractivity contribution in [3.8, 4) is 0 Å². The lowest BCUT2D eigenvalue weighted by atomic mass is 10.3. The summed E-state index contributed by atoms with van der Waals surface area (Å²) in [6, 6.07) is 1.81. The van der Waals surface area contributed by atoms with Gasteiger partial charge in [-0.3, -0.25) is 0 Å². The van der Waals surface area contributed by atoms with Crippen molar-refractivity contribution in [1.29, 1.82) is 0 Å². The predicted molar refractivity (Wildman–Crippen MR) is 76.4 cm³/mol. The average Bonchev–Trinajstić information content (AvgIpc) is 2.32. The third-order valence-electron chi connectivity index (χ3n) is 2.71. The van der Waals surface area contributed by atoms with Crippen LogP contribution in [-0.2, 0) is 13.5 Å². The number of aromatic nitrogens is 2. The van der Waals surface area contributed by atoms with Crippen molar-refractivity contribution in [2.75, 3.05) is 0 Å². The van der Waals surface area contributed by atoms with E-state index in [1.807, 2.05) is 24.6 Å². The quantitative estimate of drug-likeness (QED) is 0.750. The first-order valence-electron chi connectivity index (χ1n) is 6.52. The molecule has 0 aliphatic heterocycles. The molecule has 0 fully saturated rings. The van der Waals surface area contributed by atoms with Crippen molar-refractivity contribution < 1.29 is 0 Å². The van der Waals surface area contributed by atoms with E-state index in [0.29, 0.717) is 5.15 Å². The van der Waals surface area contributed by atoms with Crippen LogP contribution in [0.15, 0.2) is 22.8 Å². The number of halogens is 1. The van der Waals surface area contributed by atoms with E-state index >= 15 is 0 Å². The molecule has 0 atom stereocenters. The first kappa shape index (κ1) is 15.0. The van der Waals surface area contributed by atoms with Gasteiger partial charge in [0, 0.05) is 25.2 Å². The Hall–Kier alpha value is -1.09. The van der Waals surface area contributed by atoms with E-state index in [1.165, 1.54) is 0 Å². The van der Waals surface area contributed by atoms with Gasteiger partial charge in [0.05, 0.1) is 0 Å². The second-order valence-electron chi connectivity index (χ2n) is 4.41. The largest absolute Gasteiger partial charge is 0.318 e. The first-order valence-corrected chi connectivity index (χ1v) is 6.90. The van der Waals surface area contributed by atoms with Crippen LogP contribution in [0.5, 0.6) is 0 Å². The Morgan fingerprint density at radius 3 is 2.78 bits per heavy atom. The van der Waals surface area contributed by atoms with Gasteiger partial charge < -0.3 is 4.57 Å². The highest BCUT2D eigenvalue weighted by Gasteiger charge is 2.02. The summed E-state index contributed by atoms with van der Waals surface area (Å²) >= 11 is 6.04. The van der Waals surface area contributed by atoms with Crippen LogP contribution in [0.2, 0.25) is 5.15 Å². The monoisotopic (exact) mass is 267 g/mol. The van der Waals surface area contributed by atoms with Crippen LogP contribution in [0.25, 0.3) is 0 Å². The number of nitrogens with zero attached hydrogens (tertiary/aromatic N) is 3. The van der Waals surface area contributed by atoms with Crippen LogP contribution in [0.1, 0.15) is 45.9 Å². The van der Waals surface area contributed by atoms with Gasteiger partial charge in [-0.15, -0.1) is 0 Å². The fraction of sp³-hybridized carbons (Fsp3) is 0.571. The van der Waals surface area contributed by atoms with E-state index in [9.17, 15) is 0 Å². The Balaban J connectivity index is 3.19. The maximum absolute atomic E-state index is 6.04. The molecule has 18 heavy (non-hydrogen) atoms. The number of hydrogen-bond donors (Lipinski definition) is 0. The number of hydrogen-bond acceptors (Lipinski definition) is 2. The molecule has 0 amide bonds. The second kappa shape index (κ2) is 7.37. The number of aryl methyl sites for hydroxylation is 1. The highest BCUT2D eigenvalue weighted by atomic mass is 35.5. The summed E-state index contributed by atoms with van der Waals surface area (Å²) in [6.07, 6.45) is 6.30. The lowest BCUT2D eigenvalue weighted by Gasteiger charge is -2.08. The van der Waals surface area contributed by atoms with Gasteiger partial charge in [-0.05, 0) is 19.8 Å². The molecule has 0 saturated heterocycles. The molecule has 0 unspecified atom stereocenters. The maximum atomic E-state index is 6.04. The summed E-state index contributed by atoms with van der Waals surface area (Å²) in [5.74, 6) is 0.979. The van der Waals surface area contributed by atoms with E-state index < -0.39 is 0 Å². The standard InChI is InChI=1S/C14H22ClN3/c1-5-7-9-11(3)16-14-10-12(15)17-13(8-6-2)18(14)4/h9-10H,5-8H2,1-4H3/b11-9+,16-14-. The Morgan fingerprint density at radius 2 is 2.17 bits per heavy atom. The van der Waals surface area contributed by atoms with Crippen LogP contribution >= 0.6 is 11.6 Å². The van der Waals surface area contributed by atoms with Crippen LogP contribution in [-0.4, -0.2) is 9.55 Å². The van der Waals surface area contributed by atoms with Gasteiger partial charge in [0.25, 0.3) is 0 Å². The Morgan fingerprint density at radius 1 is 1.44 bits per heavy atom. The van der Waals surface area contributed by atoms with Crippen molar-refractivity contribution in [2.45, 2.75) is 46.5 Å². The smallest absolute Gasteiger partial charge is 0.136 e. The SMILES string of the molecule is CCC/C=C(C)/N=c1/cc(Cl)nc(CCC)n1C. The fourth-order valence-electron chi connectivity index (χ4n) is 1.70. The topological polar surface area (TPSA) is 30.2 Å². The van der Waals surface area contributed by atoms with Gasteiger partial charge in [0.15, 0.2) is 0 Å². The second-order valence-corrected chi connectivity index (χ2v) is 4.80. The van der Waals surface area contributed by atoms with E-state index in [4.69, 9.17) is 11.6 Å². The van der Waals surface area contributed by atoms with Gasteiger partial charge >= 0.3 is 0 Å². The molecule has 0 aliphatic carbocycles. The molecular weight excluding hydrogens is 246 g/mol. The zero-order valence-electron chi connectivity index (χ0n) is 11.7. The third-order valence-corrected chi connectivity index (χ3v) is 2.90. The molecule has 0 N–H and O–H groups in total. The van der Waals surface area contributed by atoms with Gasteiger partial charge in [-0.25, -0.2) is 9.98 Å². The van der Waals surface area contributed by atoms with Gasteiger partial charge in [0.2, 0.25) is 0 Å². The number of unbranched alkanes of at least 4 members (excludes halogenated alkanes) is 1. The normalized spacial score (nSPS) is 13.2. The maximum Gasteiger partial charge on any atom is 0.136 e. The zero-order valence-corrected chi connectivity index (χ0v) is 12.5. The van der Waals surface area contributed by atoms with Crippen molar-refractivity contribution in [3.63, 3.8) is 0 Å². The molecule has 1 rings (SSSR count). The van der Waals surface area contributed by atoms with Crippen molar-refractivity contribution in [1.82, 2.24) is 9.55 Å². The van der Waals surface area contributed by atoms with Crippen molar-refractivity contribution in [3.05, 3.63) is 34.3 Å². The molecule has 1 heterocycles. The Labute approximate surface area is 114 Å². The summed E-state index contributed by atoms with van der Waals surface area (Å²) in [7, 11) is 1.99. The molecule has 100 valence electrons. The molecule has 0 bridgehead atoms. The summed E-state index contributed by atoms with van der Waals surface area (Å²) in [5.41, 5.74) is 1.89. The van der Waals surface area contributed by atoms with Crippen LogP contribution in [0.4, 0.5) is 0 Å². The lowest BCUT2D eigenvalue weighted by molar-refractivity contribution is 0.691. The molecule has 0 aliphatic rings. The van der Waals surface area contributed by atoms with E-state index in [1.54, 1.807) is 0 Å². The summed E-state index contributed by atoms with van der Waals surface area (Å²) < 4.78 is 2.01. The fourth-order valence-corrected chi connectivity index (χ4v) is 1.90. The summed E-state index contributed by atoms with van der Waals surface area (Å²) in [5, 5.41) is 0.513. The Bertz CT molecular complexity index is 486. The minimum Gasteiger partial charge on any atom is -0.318 e. The lowest BCUT2D eigenvalue weighted by Crippen LogP contribution is -2.23. The minimum atomic E-state index is 0.513. The Kier molecular flexibility index (Phi) is 6.13. The molecular formula is C14H22ClN3. The zero-order chi connectivity index (χ0) is 13.5. The molecule has 4 heteroatoms. The van der Waals surface area contributed by atoms with Gasteiger partial charge in [-0.2, -0.15) is 0 Å². The number of rotatable bonds is 5. The van der Waals surface area contributed by atoms with E-state index in [2.05, 4.69) is 29.9 Å². The van der Waals surface area contributed by atoms with Crippen molar-refractivity contribution >= 4 is 11.6 Å². The molecule has 0 aromatic carbocycles. The third kappa shape index (κ3) is 4.30. The summed E-state index contributed by atoms with van der Waals surface area (Å²) in [6.45, 7) is 6.31. The number of allylic oxidation sites excluding steroid dienone is 2. The van der Waals surface area contributed by atoms with Crippen LogP contribution < -0.4 is 5.49 Å². The van der Waals surface area contributed by atoms with Gasteiger partial charge in [0.1, 0.15) is 16.5 Å². The van der Waals surface area contributed by atoms with Crippen molar-refractivity contribution in [2.24, 2.45) is 12.0 Å². The molecule has 0 saturated carbocycles. The highest BCUT2D eigenvalue weighted by Crippen LogP contribution is 2.05. The van der Waals surface area contributed by atoms with Gasteiger partial charge in [-0.1, -0.05) is 37.9 Å². The molecule has 3 nitrogen and oxygen atoms in total. The molecule has 1 aromatic heterocycles. The molecule has 0 spiro atoms. The van der Waals surface area contributed by atoms with E-state index in [0.717, 1.165) is 42.7 Å². The minimum absolute atomic E-state index is 0.513. The van der Waals surface area contributed by atoms with Crippen LogP contribution in [0, 0.1) is 0 Å². The van der Waals surface area contributed by atoms with Crippen LogP contribution in [0.3, 0.4) is 0 Å². The highest BCUT2D eigenvalue weighted by molar-refractivity contribution is 6.29.